The van der Waals surface area contributed by atoms with E-state index >= 15 is 0 Å². The second-order valence-electron chi connectivity index (χ2n) is 7.67. The van der Waals surface area contributed by atoms with Crippen LogP contribution in [0.4, 0.5) is 0 Å². The first-order valence-electron chi connectivity index (χ1n) is 10.5. The van der Waals surface area contributed by atoms with Crippen molar-refractivity contribution in [2.24, 2.45) is 5.92 Å². The van der Waals surface area contributed by atoms with Gasteiger partial charge in [-0.2, -0.15) is 0 Å². The zero-order valence-corrected chi connectivity index (χ0v) is 16.7. The number of carbonyl (C=O) groups is 2. The van der Waals surface area contributed by atoms with Gasteiger partial charge in [-0.05, 0) is 36.3 Å². The monoisotopic (exact) mass is 378 g/mol. The van der Waals surface area contributed by atoms with Gasteiger partial charge in [0.2, 0.25) is 0 Å². The van der Waals surface area contributed by atoms with Crippen LogP contribution in [0.2, 0.25) is 0 Å². The summed E-state index contributed by atoms with van der Waals surface area (Å²) in [7, 11) is 0. The average Bonchev–Trinajstić information content (AvgIpc) is 2.74. The summed E-state index contributed by atoms with van der Waals surface area (Å²) in [6.07, 6.45) is 5.60. The number of unbranched alkanes of at least 4 members (excludes halogenated alkanes) is 3. The number of ketones is 1. The molecular formula is C25H30O3. The molecule has 3 heteroatoms. The van der Waals surface area contributed by atoms with E-state index in [0.717, 1.165) is 43.2 Å². The Balaban J connectivity index is 1.75. The highest BCUT2D eigenvalue weighted by atomic mass is 16.5. The van der Waals surface area contributed by atoms with Gasteiger partial charge in [-0.15, -0.1) is 0 Å². The number of Topliss-reactive ketones (excluding diaryl/α,β-unsaturated/α-hetero) is 1. The van der Waals surface area contributed by atoms with E-state index in [9.17, 15) is 9.59 Å². The molecule has 2 aromatic rings. The Morgan fingerprint density at radius 2 is 1.54 bits per heavy atom. The first kappa shape index (κ1) is 20.3. The Morgan fingerprint density at radius 3 is 2.18 bits per heavy atom. The molecule has 1 fully saturated rings. The molecule has 28 heavy (non-hydrogen) atoms. The number of hydrogen-bond acceptors (Lipinski definition) is 3. The number of benzene rings is 2. The van der Waals surface area contributed by atoms with Gasteiger partial charge >= 0.3 is 5.97 Å². The van der Waals surface area contributed by atoms with E-state index in [-0.39, 0.29) is 23.6 Å². The third kappa shape index (κ3) is 4.89. The molecule has 0 spiro atoms. The molecule has 0 radical (unpaired) electrons. The summed E-state index contributed by atoms with van der Waals surface area (Å²) in [5.41, 5.74) is 2.15. The molecule has 3 nitrogen and oxygen atoms in total. The van der Waals surface area contributed by atoms with Gasteiger partial charge in [0.05, 0.1) is 12.5 Å². The molecule has 3 rings (SSSR count). The minimum atomic E-state index is -0.642. The summed E-state index contributed by atoms with van der Waals surface area (Å²) in [5, 5.41) is 0. The van der Waals surface area contributed by atoms with Crippen LogP contribution in [0.5, 0.6) is 0 Å². The Morgan fingerprint density at radius 1 is 0.893 bits per heavy atom. The fourth-order valence-corrected chi connectivity index (χ4v) is 4.22. The van der Waals surface area contributed by atoms with E-state index in [0.29, 0.717) is 13.0 Å². The molecule has 3 atom stereocenters. The van der Waals surface area contributed by atoms with E-state index < -0.39 is 5.92 Å². The molecule has 0 N–H and O–H groups in total. The summed E-state index contributed by atoms with van der Waals surface area (Å²) in [6.45, 7) is 2.57. The van der Waals surface area contributed by atoms with E-state index in [1.54, 1.807) is 0 Å². The average molecular weight is 379 g/mol. The molecular weight excluding hydrogens is 348 g/mol. The molecule has 0 aliphatic heterocycles. The lowest BCUT2D eigenvalue weighted by molar-refractivity contribution is -0.154. The smallest absolute Gasteiger partial charge is 0.316 e. The standard InChI is InChI=1S/C25H30O3/c1-2-3-4-11-18-28-25(27)22-17-16-21(19-12-7-5-8-13-19)23(24(22)26)20-14-9-6-10-15-20/h5-10,12-15,21-23H,2-4,11,16-18H2,1H3. The van der Waals surface area contributed by atoms with Crippen LogP contribution in [0.1, 0.15) is 68.4 Å². The largest absolute Gasteiger partial charge is 0.465 e. The highest BCUT2D eigenvalue weighted by molar-refractivity contribution is 6.03. The molecule has 1 aliphatic rings. The van der Waals surface area contributed by atoms with Crippen LogP contribution in [0.3, 0.4) is 0 Å². The van der Waals surface area contributed by atoms with Crippen LogP contribution in [0.15, 0.2) is 60.7 Å². The maximum atomic E-state index is 13.4. The number of carbonyl (C=O) groups excluding carboxylic acids is 2. The maximum absolute atomic E-state index is 13.4. The molecule has 1 aliphatic carbocycles. The quantitative estimate of drug-likeness (QED) is 0.338. The molecule has 0 aromatic heterocycles. The Hall–Kier alpha value is -2.42. The van der Waals surface area contributed by atoms with Crippen molar-refractivity contribution < 1.29 is 14.3 Å². The van der Waals surface area contributed by atoms with Crippen LogP contribution >= 0.6 is 0 Å². The first-order chi connectivity index (χ1) is 13.7. The van der Waals surface area contributed by atoms with Crippen LogP contribution in [-0.2, 0) is 14.3 Å². The SMILES string of the molecule is CCCCCCOC(=O)C1CCC(c2ccccc2)C(c2ccccc2)C1=O. The second-order valence-corrected chi connectivity index (χ2v) is 7.67. The first-order valence-corrected chi connectivity index (χ1v) is 10.5. The predicted octanol–water partition coefficient (Wildman–Crippen LogP) is 5.66. The Kier molecular flexibility index (Phi) is 7.41. The Bertz CT molecular complexity index is 754. The highest BCUT2D eigenvalue weighted by Crippen LogP contribution is 2.44. The molecule has 0 amide bonds. The van der Waals surface area contributed by atoms with Gasteiger partial charge < -0.3 is 4.74 Å². The van der Waals surface area contributed by atoms with Crippen molar-refractivity contribution in [3.8, 4) is 0 Å². The zero-order chi connectivity index (χ0) is 19.8. The van der Waals surface area contributed by atoms with E-state index in [4.69, 9.17) is 4.74 Å². The van der Waals surface area contributed by atoms with Gasteiger partial charge in [0, 0.05) is 0 Å². The van der Waals surface area contributed by atoms with E-state index in [1.165, 1.54) is 0 Å². The fourth-order valence-electron chi connectivity index (χ4n) is 4.22. The van der Waals surface area contributed by atoms with Crippen LogP contribution in [0, 0.1) is 5.92 Å². The molecule has 2 aromatic carbocycles. The summed E-state index contributed by atoms with van der Waals surface area (Å²) in [5.74, 6) is -1.17. The third-order valence-corrected chi connectivity index (χ3v) is 5.73. The summed E-state index contributed by atoms with van der Waals surface area (Å²) >= 11 is 0. The lowest BCUT2D eigenvalue weighted by Gasteiger charge is -2.34. The third-order valence-electron chi connectivity index (χ3n) is 5.73. The lowest BCUT2D eigenvalue weighted by atomic mass is 9.68. The van der Waals surface area contributed by atoms with Gasteiger partial charge in [-0.25, -0.2) is 0 Å². The van der Waals surface area contributed by atoms with Crippen molar-refractivity contribution in [3.63, 3.8) is 0 Å². The molecule has 0 heterocycles. The molecule has 1 saturated carbocycles. The van der Waals surface area contributed by atoms with Crippen molar-refractivity contribution in [1.82, 2.24) is 0 Å². The van der Waals surface area contributed by atoms with Crippen molar-refractivity contribution in [3.05, 3.63) is 71.8 Å². The van der Waals surface area contributed by atoms with Crippen molar-refractivity contribution >= 4 is 11.8 Å². The van der Waals surface area contributed by atoms with Crippen molar-refractivity contribution in [2.75, 3.05) is 6.61 Å². The van der Waals surface area contributed by atoms with E-state index in [2.05, 4.69) is 19.1 Å². The van der Waals surface area contributed by atoms with Gasteiger partial charge in [-0.1, -0.05) is 86.8 Å². The molecule has 0 saturated heterocycles. The van der Waals surface area contributed by atoms with Crippen LogP contribution in [0.25, 0.3) is 0 Å². The topological polar surface area (TPSA) is 43.4 Å². The second kappa shape index (κ2) is 10.2. The van der Waals surface area contributed by atoms with Gasteiger partial charge in [0.1, 0.15) is 5.92 Å². The normalized spacial score (nSPS) is 22.0. The number of hydrogen-bond donors (Lipinski definition) is 0. The maximum Gasteiger partial charge on any atom is 0.316 e. The summed E-state index contributed by atoms with van der Waals surface area (Å²) < 4.78 is 5.46. The van der Waals surface area contributed by atoms with Gasteiger partial charge in [0.25, 0.3) is 0 Å². The molecule has 148 valence electrons. The van der Waals surface area contributed by atoms with Gasteiger partial charge in [-0.3, -0.25) is 9.59 Å². The predicted molar refractivity (Wildman–Crippen MR) is 111 cm³/mol. The number of esters is 1. The number of ether oxygens (including phenoxy) is 1. The summed E-state index contributed by atoms with van der Waals surface area (Å²) in [4.78, 5) is 26.0. The number of rotatable bonds is 8. The van der Waals surface area contributed by atoms with Crippen molar-refractivity contribution in [1.29, 1.82) is 0 Å². The Labute approximate surface area is 168 Å². The van der Waals surface area contributed by atoms with E-state index in [1.807, 2.05) is 48.5 Å². The summed E-state index contributed by atoms with van der Waals surface area (Å²) in [6, 6.07) is 20.0. The lowest BCUT2D eigenvalue weighted by Crippen LogP contribution is -2.37. The van der Waals surface area contributed by atoms with Crippen molar-refractivity contribution in [2.45, 2.75) is 57.3 Å². The minimum absolute atomic E-state index is 0.00450. The fraction of sp³-hybridized carbons (Fsp3) is 0.440. The van der Waals surface area contributed by atoms with Crippen LogP contribution in [-0.4, -0.2) is 18.4 Å². The minimum Gasteiger partial charge on any atom is -0.465 e. The molecule has 3 unspecified atom stereocenters. The highest BCUT2D eigenvalue weighted by Gasteiger charge is 2.43. The van der Waals surface area contributed by atoms with Gasteiger partial charge in [0.15, 0.2) is 5.78 Å². The van der Waals surface area contributed by atoms with Crippen LogP contribution < -0.4 is 0 Å². The zero-order valence-electron chi connectivity index (χ0n) is 16.7. The molecule has 0 bridgehead atoms.